The Balaban J connectivity index is 3.40. The number of sulfone groups is 1. The third kappa shape index (κ3) is 2.49. The smallest absolute Gasteiger partial charge is 0.338 e. The lowest BCUT2D eigenvalue weighted by atomic mass is 10.2. The molecule has 0 bridgehead atoms. The summed E-state index contributed by atoms with van der Waals surface area (Å²) in [7, 11) is -3.97. The summed E-state index contributed by atoms with van der Waals surface area (Å²) in [6.07, 6.45) is 0.0681. The van der Waals surface area contributed by atoms with Gasteiger partial charge < -0.3 is 5.11 Å². The van der Waals surface area contributed by atoms with Crippen LogP contribution in [0.25, 0.3) is 0 Å². The van der Waals surface area contributed by atoms with E-state index >= 15 is 0 Å². The van der Waals surface area contributed by atoms with Crippen molar-refractivity contribution in [1.82, 2.24) is 0 Å². The van der Waals surface area contributed by atoms with Crippen molar-refractivity contribution in [1.29, 1.82) is 5.26 Å². The zero-order valence-corrected chi connectivity index (χ0v) is 10.2. The number of hydrogen-bond donors (Lipinski definition) is 1. The van der Waals surface area contributed by atoms with Gasteiger partial charge in [0, 0.05) is 0 Å². The first kappa shape index (κ1) is 14.1. The van der Waals surface area contributed by atoms with E-state index in [0.29, 0.717) is 0 Å². The number of benzene rings is 1. The number of carboxylic acid groups (broad SMARTS) is 1. The van der Waals surface area contributed by atoms with E-state index in [4.69, 9.17) is 10.4 Å². The van der Waals surface area contributed by atoms with Gasteiger partial charge in [-0.05, 0) is 24.6 Å². The monoisotopic (exact) mass is 271 g/mol. The molecule has 0 radical (unpaired) electrons. The molecule has 1 aromatic carbocycles. The normalized spacial score (nSPS) is 12.7. The molecular formula is C11H10FNO4S. The lowest BCUT2D eigenvalue weighted by molar-refractivity contribution is 0.0691. The summed E-state index contributed by atoms with van der Waals surface area (Å²) in [6, 6.07) is 4.07. The maximum absolute atomic E-state index is 13.1. The molecule has 0 aromatic heterocycles. The first-order valence-corrected chi connectivity index (χ1v) is 6.55. The maximum atomic E-state index is 13.1. The van der Waals surface area contributed by atoms with Crippen LogP contribution in [0, 0.1) is 17.1 Å². The van der Waals surface area contributed by atoms with Crippen LogP contribution in [0.4, 0.5) is 4.39 Å². The summed E-state index contributed by atoms with van der Waals surface area (Å²) >= 11 is 0. The quantitative estimate of drug-likeness (QED) is 0.839. The zero-order chi connectivity index (χ0) is 13.9. The molecular weight excluding hydrogens is 261 g/mol. The van der Waals surface area contributed by atoms with Crippen LogP contribution in [0.5, 0.6) is 0 Å². The average Bonchev–Trinajstić information content (AvgIpc) is 2.30. The summed E-state index contributed by atoms with van der Waals surface area (Å²) in [6.45, 7) is 1.52. The fourth-order valence-electron chi connectivity index (χ4n) is 1.39. The van der Waals surface area contributed by atoms with Gasteiger partial charge in [-0.25, -0.2) is 17.6 Å². The molecule has 7 heteroatoms. The van der Waals surface area contributed by atoms with Crippen LogP contribution in [0.15, 0.2) is 23.1 Å². The van der Waals surface area contributed by atoms with E-state index in [2.05, 4.69) is 0 Å². The van der Waals surface area contributed by atoms with Crippen LogP contribution < -0.4 is 0 Å². The van der Waals surface area contributed by atoms with E-state index in [1.165, 1.54) is 6.92 Å². The number of carbonyl (C=O) groups is 1. The molecule has 96 valence electrons. The van der Waals surface area contributed by atoms with E-state index in [0.717, 1.165) is 18.2 Å². The molecule has 0 fully saturated rings. The van der Waals surface area contributed by atoms with Gasteiger partial charge in [0.15, 0.2) is 15.1 Å². The first-order valence-electron chi connectivity index (χ1n) is 5.01. The molecule has 0 aliphatic carbocycles. The predicted molar refractivity (Wildman–Crippen MR) is 60.2 cm³/mol. The van der Waals surface area contributed by atoms with Crippen LogP contribution in [-0.2, 0) is 9.84 Å². The van der Waals surface area contributed by atoms with Crippen molar-refractivity contribution in [2.24, 2.45) is 0 Å². The highest BCUT2D eigenvalue weighted by Gasteiger charge is 2.27. The van der Waals surface area contributed by atoms with E-state index < -0.39 is 32.4 Å². The minimum absolute atomic E-state index is 0.0681. The largest absolute Gasteiger partial charge is 0.478 e. The lowest BCUT2D eigenvalue weighted by Gasteiger charge is -2.09. The molecule has 18 heavy (non-hydrogen) atoms. The molecule has 0 saturated carbocycles. The molecule has 5 nitrogen and oxygen atoms in total. The summed E-state index contributed by atoms with van der Waals surface area (Å²) in [5, 5.41) is 16.2. The average molecular weight is 271 g/mol. The minimum Gasteiger partial charge on any atom is -0.478 e. The number of nitriles is 1. The van der Waals surface area contributed by atoms with Crippen molar-refractivity contribution < 1.29 is 22.7 Å². The van der Waals surface area contributed by atoms with Crippen molar-refractivity contribution in [2.45, 2.75) is 23.5 Å². The van der Waals surface area contributed by atoms with Crippen molar-refractivity contribution >= 4 is 15.8 Å². The molecule has 1 N–H and O–H groups in total. The Hall–Kier alpha value is -1.94. The third-order valence-electron chi connectivity index (χ3n) is 2.39. The summed E-state index contributed by atoms with van der Waals surface area (Å²) < 4.78 is 37.0. The van der Waals surface area contributed by atoms with E-state index in [-0.39, 0.29) is 11.3 Å². The Morgan fingerprint density at radius 2 is 2.17 bits per heavy atom. The van der Waals surface area contributed by atoms with Crippen molar-refractivity contribution in [3.05, 3.63) is 29.6 Å². The van der Waals surface area contributed by atoms with Gasteiger partial charge in [0.05, 0.1) is 16.5 Å². The SMILES string of the molecule is CCC(C#N)S(=O)(=O)c1ccc(F)c(C(=O)O)c1. The Bertz CT molecular complexity index is 618. The zero-order valence-electron chi connectivity index (χ0n) is 9.42. The number of rotatable bonds is 4. The second kappa shape index (κ2) is 5.14. The molecule has 0 saturated heterocycles. The van der Waals surface area contributed by atoms with E-state index in [1.807, 2.05) is 0 Å². The van der Waals surface area contributed by atoms with Crippen molar-refractivity contribution in [3.8, 4) is 6.07 Å². The number of hydrogen-bond acceptors (Lipinski definition) is 4. The highest BCUT2D eigenvalue weighted by atomic mass is 32.2. The van der Waals surface area contributed by atoms with Gasteiger partial charge in [0.1, 0.15) is 5.82 Å². The Morgan fingerprint density at radius 3 is 2.61 bits per heavy atom. The molecule has 0 amide bonds. The van der Waals surface area contributed by atoms with Gasteiger partial charge in [-0.2, -0.15) is 5.26 Å². The lowest BCUT2D eigenvalue weighted by Crippen LogP contribution is -2.19. The van der Waals surface area contributed by atoms with Gasteiger partial charge in [-0.3, -0.25) is 0 Å². The third-order valence-corrected chi connectivity index (χ3v) is 4.48. The molecule has 0 aliphatic rings. The Kier molecular flexibility index (Phi) is 4.03. The molecule has 1 aromatic rings. The number of carboxylic acids is 1. The molecule has 1 rings (SSSR count). The fraction of sp³-hybridized carbons (Fsp3) is 0.273. The van der Waals surface area contributed by atoms with E-state index in [9.17, 15) is 17.6 Å². The molecule has 1 atom stereocenters. The van der Waals surface area contributed by atoms with Crippen LogP contribution in [0.3, 0.4) is 0 Å². The second-order valence-electron chi connectivity index (χ2n) is 3.52. The van der Waals surface area contributed by atoms with Gasteiger partial charge in [0.25, 0.3) is 0 Å². The van der Waals surface area contributed by atoms with Gasteiger partial charge in [-0.1, -0.05) is 6.92 Å². The first-order chi connectivity index (χ1) is 8.34. The summed E-state index contributed by atoms with van der Waals surface area (Å²) in [4.78, 5) is 10.3. The molecule has 0 aliphatic heterocycles. The summed E-state index contributed by atoms with van der Waals surface area (Å²) in [5.74, 6) is -2.58. The van der Waals surface area contributed by atoms with Crippen LogP contribution in [-0.4, -0.2) is 24.7 Å². The summed E-state index contributed by atoms with van der Waals surface area (Å²) in [5.41, 5.74) is -0.733. The van der Waals surface area contributed by atoms with Crippen LogP contribution in [0.1, 0.15) is 23.7 Å². The standard InChI is InChI=1S/C11H10FNO4S/c1-2-7(6-13)18(16,17)8-3-4-10(12)9(5-8)11(14)15/h3-5,7H,2H2,1H3,(H,14,15). The van der Waals surface area contributed by atoms with Crippen molar-refractivity contribution in [3.63, 3.8) is 0 Å². The number of halogens is 1. The van der Waals surface area contributed by atoms with Crippen molar-refractivity contribution in [2.75, 3.05) is 0 Å². The predicted octanol–water partition coefficient (Wildman–Crippen LogP) is 1.60. The topological polar surface area (TPSA) is 95.2 Å². The Morgan fingerprint density at radius 1 is 1.56 bits per heavy atom. The highest BCUT2D eigenvalue weighted by molar-refractivity contribution is 7.92. The molecule has 1 unspecified atom stereocenters. The second-order valence-corrected chi connectivity index (χ2v) is 5.65. The number of aromatic carboxylic acids is 1. The van der Waals surface area contributed by atoms with Gasteiger partial charge in [-0.15, -0.1) is 0 Å². The van der Waals surface area contributed by atoms with Crippen LogP contribution in [0.2, 0.25) is 0 Å². The fourth-order valence-corrected chi connectivity index (χ4v) is 2.84. The highest BCUT2D eigenvalue weighted by Crippen LogP contribution is 2.21. The van der Waals surface area contributed by atoms with Crippen LogP contribution >= 0.6 is 0 Å². The van der Waals surface area contributed by atoms with Gasteiger partial charge in [0.2, 0.25) is 0 Å². The molecule has 0 spiro atoms. The molecule has 0 heterocycles. The maximum Gasteiger partial charge on any atom is 0.338 e. The minimum atomic E-state index is -3.97. The van der Waals surface area contributed by atoms with Gasteiger partial charge >= 0.3 is 5.97 Å². The van der Waals surface area contributed by atoms with E-state index in [1.54, 1.807) is 6.07 Å². The Labute approximate surface area is 103 Å². The number of nitrogens with zero attached hydrogens (tertiary/aromatic N) is 1.